The molecule has 0 saturated carbocycles. The number of amides is 2. The van der Waals surface area contributed by atoms with Crippen LogP contribution in [0.2, 0.25) is 0 Å². The number of nitrogens with zero attached hydrogens (tertiary/aromatic N) is 4. The lowest BCUT2D eigenvalue weighted by Crippen LogP contribution is -2.56. The van der Waals surface area contributed by atoms with E-state index in [1.807, 2.05) is 21.4 Å². The van der Waals surface area contributed by atoms with Crippen molar-refractivity contribution in [1.29, 1.82) is 0 Å². The maximum atomic E-state index is 12.3. The zero-order chi connectivity index (χ0) is 13.1. The molecule has 2 saturated heterocycles. The number of nitrogens with one attached hydrogen (secondary N) is 1. The fourth-order valence-corrected chi connectivity index (χ4v) is 3.21. The highest BCUT2D eigenvalue weighted by Crippen LogP contribution is 2.19. The molecular weight excluding hydrogens is 262 g/mol. The molecule has 2 aliphatic heterocycles. The number of rotatable bonds is 1. The molecule has 2 aliphatic rings. The summed E-state index contributed by atoms with van der Waals surface area (Å²) < 4.78 is 0. The lowest BCUT2D eigenvalue weighted by molar-refractivity contribution is 0.144. The van der Waals surface area contributed by atoms with Crippen LogP contribution in [0.3, 0.4) is 0 Å². The second-order valence-corrected chi connectivity index (χ2v) is 5.68. The third-order valence-corrected chi connectivity index (χ3v) is 4.46. The van der Waals surface area contributed by atoms with Crippen molar-refractivity contribution in [2.24, 2.45) is 0 Å². The van der Waals surface area contributed by atoms with E-state index in [4.69, 9.17) is 0 Å². The van der Waals surface area contributed by atoms with E-state index in [0.29, 0.717) is 0 Å². The molecule has 0 radical (unpaired) electrons. The number of thiazole rings is 1. The smallest absolute Gasteiger partial charge is 0.320 e. The fraction of sp³-hybridized carbons (Fsp3) is 0.667. The SMILES string of the molecule is O=C(N1CCNCC1)N1CCN(c2nccs2)CC1. The maximum absolute atomic E-state index is 12.3. The van der Waals surface area contributed by atoms with Crippen LogP contribution in [-0.2, 0) is 0 Å². The summed E-state index contributed by atoms with van der Waals surface area (Å²) in [4.78, 5) is 22.8. The van der Waals surface area contributed by atoms with Gasteiger partial charge in [0.15, 0.2) is 5.13 Å². The predicted octanol–water partition coefficient (Wildman–Crippen LogP) is 0.290. The summed E-state index contributed by atoms with van der Waals surface area (Å²) in [6, 6.07) is 0.195. The lowest BCUT2D eigenvalue weighted by atomic mass is 10.3. The Bertz CT molecular complexity index is 410. The molecule has 0 atom stereocenters. The van der Waals surface area contributed by atoms with Gasteiger partial charge in [0.05, 0.1) is 0 Å². The van der Waals surface area contributed by atoms with E-state index in [1.165, 1.54) is 0 Å². The first-order chi connectivity index (χ1) is 9.34. The second-order valence-electron chi connectivity index (χ2n) is 4.81. The standard InChI is InChI=1S/C12H19N5OS/c18-12(16-4-1-13-2-5-16)17-8-6-15(7-9-17)11-14-3-10-19-11/h3,10,13H,1-2,4-9H2. The van der Waals surface area contributed by atoms with Gasteiger partial charge in [0, 0.05) is 63.9 Å². The van der Waals surface area contributed by atoms with Gasteiger partial charge in [-0.15, -0.1) is 11.3 Å². The summed E-state index contributed by atoms with van der Waals surface area (Å²) in [6.07, 6.45) is 1.83. The van der Waals surface area contributed by atoms with Gasteiger partial charge >= 0.3 is 6.03 Å². The van der Waals surface area contributed by atoms with E-state index < -0.39 is 0 Å². The van der Waals surface area contributed by atoms with Crippen LogP contribution in [0.5, 0.6) is 0 Å². The molecule has 0 aliphatic carbocycles. The molecule has 19 heavy (non-hydrogen) atoms. The van der Waals surface area contributed by atoms with Crippen LogP contribution in [0, 0.1) is 0 Å². The Balaban J connectivity index is 1.53. The largest absolute Gasteiger partial charge is 0.345 e. The molecule has 7 heteroatoms. The quantitative estimate of drug-likeness (QED) is 0.804. The maximum Gasteiger partial charge on any atom is 0.320 e. The van der Waals surface area contributed by atoms with Crippen LogP contribution in [0.1, 0.15) is 0 Å². The average Bonchev–Trinajstić information content (AvgIpc) is 3.02. The Morgan fingerprint density at radius 2 is 1.79 bits per heavy atom. The normalized spacial score (nSPS) is 20.7. The van der Waals surface area contributed by atoms with Crippen molar-refractivity contribution in [1.82, 2.24) is 20.1 Å². The van der Waals surface area contributed by atoms with Crippen LogP contribution in [0.25, 0.3) is 0 Å². The molecule has 1 aromatic heterocycles. The third kappa shape index (κ3) is 2.82. The molecule has 1 N–H and O–H groups in total. The van der Waals surface area contributed by atoms with Gasteiger partial charge in [-0.05, 0) is 0 Å². The predicted molar refractivity (Wildman–Crippen MR) is 75.7 cm³/mol. The topological polar surface area (TPSA) is 51.7 Å². The number of aromatic nitrogens is 1. The highest BCUT2D eigenvalue weighted by molar-refractivity contribution is 7.13. The number of hydrogen-bond acceptors (Lipinski definition) is 5. The highest BCUT2D eigenvalue weighted by Gasteiger charge is 2.26. The minimum Gasteiger partial charge on any atom is -0.345 e. The molecular formula is C12H19N5OS. The number of carbonyl (C=O) groups excluding carboxylic acids is 1. The zero-order valence-corrected chi connectivity index (χ0v) is 11.7. The molecule has 3 rings (SSSR count). The third-order valence-electron chi connectivity index (χ3n) is 3.63. The van der Waals surface area contributed by atoms with Crippen molar-refractivity contribution < 1.29 is 4.79 Å². The summed E-state index contributed by atoms with van der Waals surface area (Å²) in [5, 5.41) is 6.33. The molecule has 0 unspecified atom stereocenters. The summed E-state index contributed by atoms with van der Waals surface area (Å²) in [6.45, 7) is 6.81. The summed E-state index contributed by atoms with van der Waals surface area (Å²) in [7, 11) is 0. The molecule has 1 aromatic rings. The van der Waals surface area contributed by atoms with Crippen LogP contribution in [0.15, 0.2) is 11.6 Å². The van der Waals surface area contributed by atoms with E-state index in [0.717, 1.165) is 57.5 Å². The minimum absolute atomic E-state index is 0.195. The fourth-order valence-electron chi connectivity index (χ4n) is 2.52. The molecule has 0 bridgehead atoms. The van der Waals surface area contributed by atoms with E-state index in [9.17, 15) is 4.79 Å². The second kappa shape index (κ2) is 5.75. The van der Waals surface area contributed by atoms with E-state index in [1.54, 1.807) is 11.3 Å². The first kappa shape index (κ1) is 12.7. The van der Waals surface area contributed by atoms with Crippen LogP contribution in [-0.4, -0.2) is 73.2 Å². The van der Waals surface area contributed by atoms with Gasteiger partial charge in [-0.25, -0.2) is 9.78 Å². The number of hydrogen-bond donors (Lipinski definition) is 1. The molecule has 2 amide bonds. The average molecular weight is 281 g/mol. The molecule has 0 spiro atoms. The zero-order valence-electron chi connectivity index (χ0n) is 10.9. The number of anilines is 1. The van der Waals surface area contributed by atoms with Gasteiger partial charge in [-0.2, -0.15) is 0 Å². The lowest BCUT2D eigenvalue weighted by Gasteiger charge is -2.38. The van der Waals surface area contributed by atoms with E-state index in [-0.39, 0.29) is 6.03 Å². The number of piperazine rings is 2. The van der Waals surface area contributed by atoms with Gasteiger partial charge in [0.25, 0.3) is 0 Å². The molecule has 0 aromatic carbocycles. The van der Waals surface area contributed by atoms with Crippen molar-refractivity contribution >= 4 is 22.5 Å². The Morgan fingerprint density at radius 1 is 1.11 bits per heavy atom. The Kier molecular flexibility index (Phi) is 3.84. The van der Waals surface area contributed by atoms with Crippen molar-refractivity contribution in [3.8, 4) is 0 Å². The molecule has 6 nitrogen and oxygen atoms in total. The molecule has 104 valence electrons. The molecule has 3 heterocycles. The van der Waals surface area contributed by atoms with Crippen LogP contribution in [0.4, 0.5) is 9.93 Å². The first-order valence-electron chi connectivity index (χ1n) is 6.73. The van der Waals surface area contributed by atoms with Crippen molar-refractivity contribution in [2.45, 2.75) is 0 Å². The minimum atomic E-state index is 0.195. The first-order valence-corrected chi connectivity index (χ1v) is 7.61. The Labute approximate surface area is 117 Å². The van der Waals surface area contributed by atoms with Gasteiger partial charge in [-0.1, -0.05) is 0 Å². The molecule has 2 fully saturated rings. The van der Waals surface area contributed by atoms with Crippen LogP contribution < -0.4 is 10.2 Å². The van der Waals surface area contributed by atoms with E-state index in [2.05, 4.69) is 15.2 Å². The van der Waals surface area contributed by atoms with Crippen molar-refractivity contribution in [3.05, 3.63) is 11.6 Å². The van der Waals surface area contributed by atoms with Crippen molar-refractivity contribution in [2.75, 3.05) is 57.3 Å². The van der Waals surface area contributed by atoms with Gasteiger partial charge < -0.3 is 20.0 Å². The Hall–Kier alpha value is -1.34. The van der Waals surface area contributed by atoms with Gasteiger partial charge in [0.1, 0.15) is 0 Å². The highest BCUT2D eigenvalue weighted by atomic mass is 32.1. The summed E-state index contributed by atoms with van der Waals surface area (Å²) in [5.74, 6) is 0. The Morgan fingerprint density at radius 3 is 2.42 bits per heavy atom. The number of carbonyl (C=O) groups is 1. The van der Waals surface area contributed by atoms with E-state index >= 15 is 0 Å². The van der Waals surface area contributed by atoms with Gasteiger partial charge in [0.2, 0.25) is 0 Å². The van der Waals surface area contributed by atoms with Crippen molar-refractivity contribution in [3.63, 3.8) is 0 Å². The summed E-state index contributed by atoms with van der Waals surface area (Å²) in [5.41, 5.74) is 0. The van der Waals surface area contributed by atoms with Gasteiger partial charge in [-0.3, -0.25) is 0 Å². The summed E-state index contributed by atoms with van der Waals surface area (Å²) >= 11 is 1.66. The monoisotopic (exact) mass is 281 g/mol. The van der Waals surface area contributed by atoms with Crippen LogP contribution >= 0.6 is 11.3 Å². The number of urea groups is 1.